The maximum absolute atomic E-state index is 6.00. The minimum atomic E-state index is -0.450. The summed E-state index contributed by atoms with van der Waals surface area (Å²) in [6, 6.07) is 0. The Morgan fingerprint density at radius 2 is 2.14 bits per heavy atom. The predicted octanol–water partition coefficient (Wildman–Crippen LogP) is 1.88. The lowest BCUT2D eigenvalue weighted by Gasteiger charge is -2.36. The van der Waals surface area contributed by atoms with E-state index < -0.39 is 5.60 Å². The molecule has 2 aromatic rings. The van der Waals surface area contributed by atoms with Gasteiger partial charge in [-0.1, -0.05) is 12.1 Å². The molecule has 0 saturated heterocycles. The van der Waals surface area contributed by atoms with Crippen LogP contribution in [0.1, 0.15) is 45.4 Å². The van der Waals surface area contributed by atoms with Crippen molar-refractivity contribution in [2.75, 3.05) is 12.3 Å². The highest BCUT2D eigenvalue weighted by atomic mass is 16.5. The molecule has 1 saturated carbocycles. The number of nitrogen functional groups attached to an aromatic ring is 1. The van der Waals surface area contributed by atoms with Crippen LogP contribution >= 0.6 is 0 Å². The number of rotatable bonds is 4. The van der Waals surface area contributed by atoms with Gasteiger partial charge in [0.15, 0.2) is 0 Å². The first kappa shape index (κ1) is 14.0. The van der Waals surface area contributed by atoms with Crippen LogP contribution in [0.4, 0.5) is 5.95 Å². The molecule has 0 atom stereocenters. The van der Waals surface area contributed by atoms with Crippen LogP contribution < -0.4 is 5.73 Å². The minimum absolute atomic E-state index is 0.149. The number of anilines is 1. The second-order valence-electron chi connectivity index (χ2n) is 5.58. The fourth-order valence-corrected chi connectivity index (χ4v) is 2.81. The van der Waals surface area contributed by atoms with Crippen LogP contribution in [0.5, 0.6) is 0 Å². The van der Waals surface area contributed by atoms with Gasteiger partial charge < -0.3 is 15.0 Å². The van der Waals surface area contributed by atoms with Crippen LogP contribution in [0, 0.1) is 5.92 Å². The first-order chi connectivity index (χ1) is 10.1. The van der Waals surface area contributed by atoms with Crippen molar-refractivity contribution < 1.29 is 9.26 Å². The predicted molar refractivity (Wildman–Crippen MR) is 75.0 cm³/mol. The van der Waals surface area contributed by atoms with E-state index >= 15 is 0 Å². The van der Waals surface area contributed by atoms with Crippen molar-refractivity contribution in [3.8, 4) is 11.7 Å². The van der Waals surface area contributed by atoms with Gasteiger partial charge in [-0.3, -0.25) is 5.10 Å². The lowest BCUT2D eigenvalue weighted by atomic mass is 9.79. The largest absolute Gasteiger partial charge is 0.367 e. The third-order valence-corrected chi connectivity index (χ3v) is 4.04. The number of hydrogen-bond donors (Lipinski definition) is 2. The number of H-pyrrole nitrogens is 1. The maximum atomic E-state index is 6.00. The molecule has 2 heterocycles. The molecule has 1 aliphatic rings. The van der Waals surface area contributed by atoms with E-state index in [9.17, 15) is 0 Å². The van der Waals surface area contributed by atoms with Gasteiger partial charge in [0.05, 0.1) is 0 Å². The monoisotopic (exact) mass is 292 g/mol. The normalized spacial score (nSPS) is 26.1. The molecule has 1 aliphatic carbocycles. The highest BCUT2D eigenvalue weighted by molar-refractivity contribution is 5.41. The Morgan fingerprint density at radius 1 is 1.38 bits per heavy atom. The lowest BCUT2D eigenvalue weighted by Crippen LogP contribution is -2.35. The number of nitrogens with one attached hydrogen (secondary N) is 1. The van der Waals surface area contributed by atoms with E-state index in [1.54, 1.807) is 0 Å². The van der Waals surface area contributed by atoms with Gasteiger partial charge >= 0.3 is 0 Å². The van der Waals surface area contributed by atoms with Gasteiger partial charge in [-0.15, -0.1) is 5.10 Å². The van der Waals surface area contributed by atoms with Crippen LogP contribution in [-0.4, -0.2) is 31.9 Å². The summed E-state index contributed by atoms with van der Waals surface area (Å²) in [5, 5.41) is 10.5. The summed E-state index contributed by atoms with van der Waals surface area (Å²) in [6.07, 6.45) is 4.00. The Balaban J connectivity index is 1.88. The Labute approximate surface area is 122 Å². The zero-order chi connectivity index (χ0) is 14.9. The van der Waals surface area contributed by atoms with Crippen molar-refractivity contribution in [2.45, 2.75) is 45.1 Å². The Hall–Kier alpha value is -1.96. The summed E-state index contributed by atoms with van der Waals surface area (Å²) >= 11 is 0. The molecule has 0 bridgehead atoms. The van der Waals surface area contributed by atoms with Gasteiger partial charge in [0.1, 0.15) is 5.60 Å². The number of aromatic amines is 1. The van der Waals surface area contributed by atoms with Crippen LogP contribution in [0.2, 0.25) is 0 Å². The second-order valence-corrected chi connectivity index (χ2v) is 5.58. The van der Waals surface area contributed by atoms with Crippen molar-refractivity contribution in [1.82, 2.24) is 25.3 Å². The van der Waals surface area contributed by atoms with Crippen molar-refractivity contribution in [1.29, 1.82) is 0 Å². The van der Waals surface area contributed by atoms with Gasteiger partial charge in [-0.25, -0.2) is 0 Å². The minimum Gasteiger partial charge on any atom is -0.367 e. The first-order valence-electron chi connectivity index (χ1n) is 7.29. The average molecular weight is 292 g/mol. The van der Waals surface area contributed by atoms with Crippen LogP contribution in [0.25, 0.3) is 11.7 Å². The lowest BCUT2D eigenvalue weighted by molar-refractivity contribution is -0.0847. The maximum Gasteiger partial charge on any atom is 0.295 e. The van der Waals surface area contributed by atoms with Crippen molar-refractivity contribution >= 4 is 5.95 Å². The molecule has 0 aromatic carbocycles. The summed E-state index contributed by atoms with van der Waals surface area (Å²) in [5.74, 6) is 2.10. The first-order valence-corrected chi connectivity index (χ1v) is 7.29. The van der Waals surface area contributed by atoms with Gasteiger partial charge in [0.2, 0.25) is 17.6 Å². The topological polar surface area (TPSA) is 116 Å². The second kappa shape index (κ2) is 5.44. The number of nitrogens with zero attached hydrogens (tertiary/aromatic N) is 4. The van der Waals surface area contributed by atoms with E-state index in [0.717, 1.165) is 25.7 Å². The third-order valence-electron chi connectivity index (χ3n) is 4.04. The smallest absolute Gasteiger partial charge is 0.295 e. The molecule has 8 nitrogen and oxygen atoms in total. The molecule has 1 fully saturated rings. The molecule has 3 rings (SSSR count). The fourth-order valence-electron chi connectivity index (χ4n) is 2.81. The third kappa shape index (κ3) is 2.63. The molecule has 0 radical (unpaired) electrons. The van der Waals surface area contributed by atoms with Crippen LogP contribution in [0.3, 0.4) is 0 Å². The van der Waals surface area contributed by atoms with Crippen molar-refractivity contribution in [3.63, 3.8) is 0 Å². The zero-order valence-corrected chi connectivity index (χ0v) is 12.3. The van der Waals surface area contributed by atoms with Crippen molar-refractivity contribution in [3.05, 3.63) is 5.82 Å². The summed E-state index contributed by atoms with van der Waals surface area (Å²) in [4.78, 5) is 8.44. The summed E-state index contributed by atoms with van der Waals surface area (Å²) in [5.41, 5.74) is 5.04. The summed E-state index contributed by atoms with van der Waals surface area (Å²) in [7, 11) is 0. The molecule has 0 unspecified atom stereocenters. The van der Waals surface area contributed by atoms with Crippen molar-refractivity contribution in [2.24, 2.45) is 5.92 Å². The van der Waals surface area contributed by atoms with Crippen LogP contribution in [-0.2, 0) is 10.3 Å². The van der Waals surface area contributed by atoms with Gasteiger partial charge in [-0.2, -0.15) is 9.97 Å². The summed E-state index contributed by atoms with van der Waals surface area (Å²) in [6.45, 7) is 4.86. The van der Waals surface area contributed by atoms with E-state index in [1.807, 2.05) is 6.92 Å². The fraction of sp³-hybridized carbons (Fsp3) is 0.692. The SMILES string of the molecule is CCOC1(c2noc(-c3nc(N)n[nH]3)n2)CCC(C)CC1. The van der Waals surface area contributed by atoms with E-state index in [1.165, 1.54) is 0 Å². The summed E-state index contributed by atoms with van der Waals surface area (Å²) < 4.78 is 11.3. The van der Waals surface area contributed by atoms with E-state index in [0.29, 0.717) is 24.2 Å². The molecule has 3 N–H and O–H groups in total. The van der Waals surface area contributed by atoms with E-state index in [4.69, 9.17) is 15.0 Å². The Kier molecular flexibility index (Phi) is 3.62. The highest BCUT2D eigenvalue weighted by Gasteiger charge is 2.41. The number of ether oxygens (including phenoxy) is 1. The molecule has 0 spiro atoms. The Morgan fingerprint density at radius 3 is 2.76 bits per heavy atom. The molecule has 114 valence electrons. The highest BCUT2D eigenvalue weighted by Crippen LogP contribution is 2.41. The molecule has 21 heavy (non-hydrogen) atoms. The molecule has 2 aromatic heterocycles. The standard InChI is InChI=1S/C13H20N6O2/c1-3-20-13(6-4-8(2)5-7-13)11-16-10(21-19-11)9-15-12(14)18-17-9/h8H,3-7H2,1-2H3,(H3,14,15,17,18). The average Bonchev–Trinajstić information content (AvgIpc) is 3.11. The molecule has 0 amide bonds. The number of hydrogen-bond acceptors (Lipinski definition) is 7. The Bertz CT molecular complexity index is 599. The van der Waals surface area contributed by atoms with Crippen LogP contribution in [0.15, 0.2) is 4.52 Å². The quantitative estimate of drug-likeness (QED) is 0.883. The van der Waals surface area contributed by atoms with Gasteiger partial charge in [0.25, 0.3) is 5.89 Å². The molecular weight excluding hydrogens is 272 g/mol. The van der Waals surface area contributed by atoms with E-state index in [2.05, 4.69) is 32.2 Å². The van der Waals surface area contributed by atoms with Gasteiger partial charge in [0, 0.05) is 6.61 Å². The molecule has 8 heteroatoms. The molecular formula is C13H20N6O2. The van der Waals surface area contributed by atoms with Gasteiger partial charge in [-0.05, 0) is 38.5 Å². The number of nitrogens with two attached hydrogens (primary N) is 1. The number of aromatic nitrogens is 5. The zero-order valence-electron chi connectivity index (χ0n) is 12.3. The molecule has 0 aliphatic heterocycles. The van der Waals surface area contributed by atoms with E-state index in [-0.39, 0.29) is 11.8 Å².